The van der Waals surface area contributed by atoms with Crippen LogP contribution in [0.5, 0.6) is 0 Å². The number of alkyl halides is 3. The predicted octanol–water partition coefficient (Wildman–Crippen LogP) is 2.34. The zero-order chi connectivity index (χ0) is 17.2. The molecule has 140 valence electrons. The van der Waals surface area contributed by atoms with Gasteiger partial charge in [-0.3, -0.25) is 9.69 Å². The first-order chi connectivity index (χ1) is 11.4. The molecule has 2 aliphatic heterocycles. The van der Waals surface area contributed by atoms with E-state index >= 15 is 0 Å². The van der Waals surface area contributed by atoms with Gasteiger partial charge in [-0.1, -0.05) is 30.3 Å². The van der Waals surface area contributed by atoms with Gasteiger partial charge in [-0.25, -0.2) is 0 Å². The highest BCUT2D eigenvalue weighted by Crippen LogP contribution is 2.46. The van der Waals surface area contributed by atoms with Crippen molar-refractivity contribution < 1.29 is 18.0 Å². The fourth-order valence-electron chi connectivity index (χ4n) is 3.51. The lowest BCUT2D eigenvalue weighted by molar-refractivity contribution is -0.218. The SMILES string of the molecule is Cl.O=C(NC1CCNC1)C1(C(F)(F)F)CCN(Cc2ccccc2)C1. The maximum Gasteiger partial charge on any atom is 0.404 e. The Labute approximate surface area is 151 Å². The molecule has 4 nitrogen and oxygen atoms in total. The molecule has 0 bridgehead atoms. The maximum absolute atomic E-state index is 13.7. The summed E-state index contributed by atoms with van der Waals surface area (Å²) in [5, 5.41) is 5.66. The van der Waals surface area contributed by atoms with Gasteiger partial charge < -0.3 is 10.6 Å². The molecule has 1 aromatic rings. The Kier molecular flexibility index (Phi) is 6.35. The third-order valence-electron chi connectivity index (χ3n) is 4.97. The monoisotopic (exact) mass is 377 g/mol. The Balaban J connectivity index is 0.00000225. The van der Waals surface area contributed by atoms with Gasteiger partial charge >= 0.3 is 6.18 Å². The number of carbonyl (C=O) groups is 1. The average Bonchev–Trinajstić information content (AvgIpc) is 3.18. The molecular weight excluding hydrogens is 355 g/mol. The van der Waals surface area contributed by atoms with Crippen molar-refractivity contribution in [2.45, 2.75) is 31.6 Å². The minimum absolute atomic E-state index is 0. The molecule has 2 unspecified atom stereocenters. The van der Waals surface area contributed by atoms with E-state index in [1.54, 1.807) is 4.90 Å². The fourth-order valence-corrected chi connectivity index (χ4v) is 3.51. The Morgan fingerprint density at radius 1 is 1.32 bits per heavy atom. The van der Waals surface area contributed by atoms with E-state index in [2.05, 4.69) is 10.6 Å². The summed E-state index contributed by atoms with van der Waals surface area (Å²) in [5.74, 6) is -0.876. The van der Waals surface area contributed by atoms with Gasteiger partial charge in [0.1, 0.15) is 0 Å². The summed E-state index contributed by atoms with van der Waals surface area (Å²) in [6, 6.07) is 9.16. The number of hydrogen-bond acceptors (Lipinski definition) is 3. The van der Waals surface area contributed by atoms with Crippen molar-refractivity contribution >= 4 is 18.3 Å². The molecule has 0 aromatic heterocycles. The molecule has 1 amide bonds. The molecule has 2 saturated heterocycles. The topological polar surface area (TPSA) is 44.4 Å². The zero-order valence-corrected chi connectivity index (χ0v) is 14.6. The van der Waals surface area contributed by atoms with Crippen molar-refractivity contribution in [1.29, 1.82) is 0 Å². The van der Waals surface area contributed by atoms with Crippen molar-refractivity contribution in [2.24, 2.45) is 5.41 Å². The third kappa shape index (κ3) is 4.27. The van der Waals surface area contributed by atoms with Crippen LogP contribution in [0.4, 0.5) is 13.2 Å². The van der Waals surface area contributed by atoms with Crippen LogP contribution in [0.3, 0.4) is 0 Å². The number of amides is 1. The van der Waals surface area contributed by atoms with E-state index < -0.39 is 17.5 Å². The predicted molar refractivity (Wildman–Crippen MR) is 91.5 cm³/mol. The number of carbonyl (C=O) groups excluding carboxylic acids is 1. The molecular formula is C17H23ClF3N3O. The molecule has 8 heteroatoms. The van der Waals surface area contributed by atoms with E-state index in [0.717, 1.165) is 12.1 Å². The van der Waals surface area contributed by atoms with Crippen molar-refractivity contribution in [3.05, 3.63) is 35.9 Å². The second kappa shape index (κ2) is 7.93. The Morgan fingerprint density at radius 3 is 2.64 bits per heavy atom. The van der Waals surface area contributed by atoms with Gasteiger partial charge in [0.25, 0.3) is 0 Å². The molecule has 2 heterocycles. The van der Waals surface area contributed by atoms with Crippen molar-refractivity contribution in [3.63, 3.8) is 0 Å². The van der Waals surface area contributed by atoms with Gasteiger partial charge in [0, 0.05) is 25.7 Å². The molecule has 0 spiro atoms. The van der Waals surface area contributed by atoms with Crippen LogP contribution in [0.15, 0.2) is 30.3 Å². The van der Waals surface area contributed by atoms with Crippen LogP contribution in [-0.2, 0) is 11.3 Å². The zero-order valence-electron chi connectivity index (χ0n) is 13.8. The highest BCUT2D eigenvalue weighted by molar-refractivity contribution is 5.85. The number of benzene rings is 1. The lowest BCUT2D eigenvalue weighted by Crippen LogP contribution is -2.54. The van der Waals surface area contributed by atoms with Crippen molar-refractivity contribution in [3.8, 4) is 0 Å². The van der Waals surface area contributed by atoms with Gasteiger partial charge in [0.15, 0.2) is 5.41 Å². The van der Waals surface area contributed by atoms with Crippen LogP contribution in [-0.4, -0.2) is 49.2 Å². The number of hydrogen-bond donors (Lipinski definition) is 2. The van der Waals surface area contributed by atoms with Gasteiger partial charge in [-0.2, -0.15) is 13.2 Å². The fraction of sp³-hybridized carbons (Fsp3) is 0.588. The molecule has 3 rings (SSSR count). The Morgan fingerprint density at radius 2 is 2.04 bits per heavy atom. The number of rotatable bonds is 4. The maximum atomic E-state index is 13.7. The second-order valence-electron chi connectivity index (χ2n) is 6.69. The van der Waals surface area contributed by atoms with Crippen LogP contribution in [0.2, 0.25) is 0 Å². The van der Waals surface area contributed by atoms with E-state index in [4.69, 9.17) is 0 Å². The molecule has 0 saturated carbocycles. The third-order valence-corrected chi connectivity index (χ3v) is 4.97. The Bertz CT molecular complexity index is 578. The summed E-state index contributed by atoms with van der Waals surface area (Å²) in [6.07, 6.45) is -4.06. The van der Waals surface area contributed by atoms with Gasteiger partial charge in [-0.05, 0) is 31.5 Å². The van der Waals surface area contributed by atoms with Crippen LogP contribution < -0.4 is 10.6 Å². The number of nitrogens with zero attached hydrogens (tertiary/aromatic N) is 1. The summed E-state index contributed by atoms with van der Waals surface area (Å²) in [7, 11) is 0. The summed E-state index contributed by atoms with van der Waals surface area (Å²) < 4.78 is 41.2. The molecule has 2 N–H and O–H groups in total. The van der Waals surface area contributed by atoms with E-state index in [9.17, 15) is 18.0 Å². The molecule has 2 aliphatic rings. The minimum Gasteiger partial charge on any atom is -0.351 e. The molecule has 0 radical (unpaired) electrons. The van der Waals surface area contributed by atoms with Crippen LogP contribution in [0.1, 0.15) is 18.4 Å². The lowest BCUT2D eigenvalue weighted by Gasteiger charge is -2.31. The van der Waals surface area contributed by atoms with Gasteiger partial charge in [0.2, 0.25) is 5.91 Å². The van der Waals surface area contributed by atoms with Crippen LogP contribution in [0.25, 0.3) is 0 Å². The largest absolute Gasteiger partial charge is 0.404 e. The van der Waals surface area contributed by atoms with Gasteiger partial charge in [0.05, 0.1) is 0 Å². The normalized spacial score (nSPS) is 27.1. The highest BCUT2D eigenvalue weighted by Gasteiger charge is 2.63. The van der Waals surface area contributed by atoms with E-state index in [1.165, 1.54) is 0 Å². The summed E-state index contributed by atoms with van der Waals surface area (Å²) in [6.45, 7) is 1.68. The Hall–Kier alpha value is -1.31. The second-order valence-corrected chi connectivity index (χ2v) is 6.69. The molecule has 2 fully saturated rings. The lowest BCUT2D eigenvalue weighted by atomic mass is 9.84. The highest BCUT2D eigenvalue weighted by atomic mass is 35.5. The number of nitrogens with one attached hydrogen (secondary N) is 2. The van der Waals surface area contributed by atoms with Gasteiger partial charge in [-0.15, -0.1) is 12.4 Å². The average molecular weight is 378 g/mol. The molecule has 2 atom stereocenters. The first kappa shape index (κ1) is 20.0. The summed E-state index contributed by atoms with van der Waals surface area (Å²) in [4.78, 5) is 14.2. The van der Waals surface area contributed by atoms with Crippen LogP contribution >= 0.6 is 12.4 Å². The van der Waals surface area contributed by atoms with Crippen molar-refractivity contribution in [1.82, 2.24) is 15.5 Å². The molecule has 0 aliphatic carbocycles. The van der Waals surface area contributed by atoms with E-state index in [0.29, 0.717) is 19.5 Å². The summed E-state index contributed by atoms with van der Waals surface area (Å²) in [5.41, 5.74) is -1.35. The minimum atomic E-state index is -4.55. The van der Waals surface area contributed by atoms with E-state index in [1.807, 2.05) is 30.3 Å². The quantitative estimate of drug-likeness (QED) is 0.846. The first-order valence-electron chi connectivity index (χ1n) is 8.25. The molecule has 1 aromatic carbocycles. The molecule has 25 heavy (non-hydrogen) atoms. The van der Waals surface area contributed by atoms with Crippen LogP contribution in [0, 0.1) is 5.41 Å². The number of likely N-dealkylation sites (tertiary alicyclic amines) is 1. The smallest absolute Gasteiger partial charge is 0.351 e. The van der Waals surface area contributed by atoms with Crippen molar-refractivity contribution in [2.75, 3.05) is 26.2 Å². The summed E-state index contributed by atoms with van der Waals surface area (Å²) >= 11 is 0. The first-order valence-corrected chi connectivity index (χ1v) is 8.25. The van der Waals surface area contributed by atoms with E-state index in [-0.39, 0.29) is 38.0 Å². The standard InChI is InChI=1S/C17H22F3N3O.ClH/c18-17(19,20)16(15(24)22-14-6-8-21-10-14)7-9-23(12-16)11-13-4-2-1-3-5-13;/h1-5,14,21H,6-12H2,(H,22,24);1H. The number of halogens is 4.